The van der Waals surface area contributed by atoms with Crippen molar-refractivity contribution in [2.45, 2.75) is 19.9 Å². The van der Waals surface area contributed by atoms with Gasteiger partial charge in [0, 0.05) is 12.6 Å². The van der Waals surface area contributed by atoms with Crippen LogP contribution in [0.2, 0.25) is 0 Å². The first kappa shape index (κ1) is 7.32. The maximum Gasteiger partial charge on any atom is 0.246 e. The second-order valence-electron chi connectivity index (χ2n) is 2.91. The topological polar surface area (TPSA) is 20.3 Å². The molecule has 1 fully saturated rings. The Kier molecular flexibility index (Phi) is 1.79. The first-order valence-corrected chi connectivity index (χ1v) is 3.60. The molecule has 0 N–H and O–H groups in total. The van der Waals surface area contributed by atoms with Crippen LogP contribution in [0.1, 0.15) is 13.8 Å². The highest BCUT2D eigenvalue weighted by Crippen LogP contribution is 2.23. The predicted octanol–water partition coefficient (Wildman–Crippen LogP) is 1.04. The van der Waals surface area contributed by atoms with E-state index < -0.39 is 0 Å². The third-order valence-corrected chi connectivity index (χ3v) is 2.26. The van der Waals surface area contributed by atoms with Gasteiger partial charge in [-0.05, 0) is 18.9 Å². The van der Waals surface area contributed by atoms with Crippen LogP contribution < -0.4 is 0 Å². The van der Waals surface area contributed by atoms with Crippen molar-refractivity contribution in [2.24, 2.45) is 5.92 Å². The van der Waals surface area contributed by atoms with Crippen LogP contribution in [0, 0.1) is 5.92 Å². The highest BCUT2D eigenvalue weighted by molar-refractivity contribution is 5.87. The molecule has 0 radical (unpaired) electrons. The average molecular weight is 139 g/mol. The molecule has 1 rings (SSSR count). The summed E-state index contributed by atoms with van der Waals surface area (Å²) in [6.45, 7) is 8.54. The Morgan fingerprint density at radius 2 is 2.30 bits per heavy atom. The minimum Gasteiger partial charge on any atom is -0.336 e. The van der Waals surface area contributed by atoms with E-state index in [0.717, 1.165) is 6.54 Å². The molecule has 1 aliphatic heterocycles. The molecule has 2 unspecified atom stereocenters. The van der Waals surface area contributed by atoms with Gasteiger partial charge < -0.3 is 4.90 Å². The summed E-state index contributed by atoms with van der Waals surface area (Å²) in [6.07, 6.45) is 1.38. The summed E-state index contributed by atoms with van der Waals surface area (Å²) in [7, 11) is 0. The molecular weight excluding hydrogens is 126 g/mol. The Morgan fingerprint density at radius 1 is 1.70 bits per heavy atom. The lowest BCUT2D eigenvalue weighted by molar-refractivity contribution is -0.136. The van der Waals surface area contributed by atoms with E-state index in [-0.39, 0.29) is 5.91 Å². The first-order chi connectivity index (χ1) is 4.66. The molecule has 0 spiro atoms. The minimum atomic E-state index is 0.0607. The standard InChI is InChI=1S/C8H13NO/c1-4-8(10)9-5-6(2)7(9)3/h4,6-7H,1,5H2,2-3H3. The van der Waals surface area contributed by atoms with Crippen LogP contribution in [0.5, 0.6) is 0 Å². The average Bonchev–Trinajstić information content (AvgIpc) is 1.98. The van der Waals surface area contributed by atoms with E-state index in [1.165, 1.54) is 6.08 Å². The van der Waals surface area contributed by atoms with Gasteiger partial charge in [-0.1, -0.05) is 13.5 Å². The van der Waals surface area contributed by atoms with Gasteiger partial charge in [0.15, 0.2) is 0 Å². The summed E-state index contributed by atoms with van der Waals surface area (Å²) < 4.78 is 0. The van der Waals surface area contributed by atoms with Crippen LogP contribution in [0.15, 0.2) is 12.7 Å². The quantitative estimate of drug-likeness (QED) is 0.497. The van der Waals surface area contributed by atoms with Crippen LogP contribution in [0.4, 0.5) is 0 Å². The zero-order valence-corrected chi connectivity index (χ0v) is 6.50. The lowest BCUT2D eigenvalue weighted by atomic mass is 9.92. The summed E-state index contributed by atoms with van der Waals surface area (Å²) in [5.41, 5.74) is 0. The molecule has 56 valence electrons. The normalized spacial score (nSPS) is 31.2. The number of likely N-dealkylation sites (tertiary alicyclic amines) is 1. The molecule has 2 nitrogen and oxygen atoms in total. The maximum absolute atomic E-state index is 11.0. The predicted molar refractivity (Wildman–Crippen MR) is 40.5 cm³/mol. The fourth-order valence-corrected chi connectivity index (χ4v) is 1.21. The molecule has 0 aromatic rings. The number of carbonyl (C=O) groups is 1. The Bertz CT molecular complexity index is 165. The van der Waals surface area contributed by atoms with Crippen LogP contribution in [0.3, 0.4) is 0 Å². The molecule has 0 saturated carbocycles. The van der Waals surface area contributed by atoms with E-state index in [9.17, 15) is 4.79 Å². The number of hydrogen-bond acceptors (Lipinski definition) is 1. The Labute approximate surface area is 61.5 Å². The van der Waals surface area contributed by atoms with E-state index >= 15 is 0 Å². The first-order valence-electron chi connectivity index (χ1n) is 3.60. The minimum absolute atomic E-state index is 0.0607. The van der Waals surface area contributed by atoms with E-state index in [0.29, 0.717) is 12.0 Å². The van der Waals surface area contributed by atoms with Crippen LogP contribution >= 0.6 is 0 Å². The molecule has 1 aliphatic rings. The second-order valence-corrected chi connectivity index (χ2v) is 2.91. The lowest BCUT2D eigenvalue weighted by Crippen LogP contribution is -2.55. The molecule has 1 amide bonds. The van der Waals surface area contributed by atoms with Crippen molar-refractivity contribution in [2.75, 3.05) is 6.54 Å². The highest BCUT2D eigenvalue weighted by Gasteiger charge is 2.33. The second kappa shape index (κ2) is 2.45. The zero-order valence-electron chi connectivity index (χ0n) is 6.50. The third-order valence-electron chi connectivity index (χ3n) is 2.26. The van der Waals surface area contributed by atoms with Gasteiger partial charge in [0.2, 0.25) is 5.91 Å². The Balaban J connectivity index is 2.47. The monoisotopic (exact) mass is 139 g/mol. The number of nitrogens with zero attached hydrogens (tertiary/aromatic N) is 1. The van der Waals surface area contributed by atoms with Crippen molar-refractivity contribution in [1.82, 2.24) is 4.90 Å². The van der Waals surface area contributed by atoms with Crippen molar-refractivity contribution < 1.29 is 4.79 Å². The van der Waals surface area contributed by atoms with E-state index in [4.69, 9.17) is 0 Å². The van der Waals surface area contributed by atoms with Gasteiger partial charge in [-0.2, -0.15) is 0 Å². The van der Waals surface area contributed by atoms with Gasteiger partial charge in [0.1, 0.15) is 0 Å². The van der Waals surface area contributed by atoms with Gasteiger partial charge in [-0.3, -0.25) is 4.79 Å². The maximum atomic E-state index is 11.0. The van der Waals surface area contributed by atoms with E-state index in [2.05, 4.69) is 20.4 Å². The molecule has 2 heteroatoms. The van der Waals surface area contributed by atoms with E-state index in [1.54, 1.807) is 0 Å². The number of carbonyl (C=O) groups excluding carboxylic acids is 1. The molecule has 0 aliphatic carbocycles. The van der Waals surface area contributed by atoms with E-state index in [1.807, 2.05) is 4.90 Å². The number of amides is 1. The summed E-state index contributed by atoms with van der Waals surface area (Å²) in [4.78, 5) is 12.8. The van der Waals surface area contributed by atoms with Gasteiger partial charge in [-0.25, -0.2) is 0 Å². The molecule has 0 bridgehead atoms. The SMILES string of the molecule is C=CC(=O)N1CC(C)C1C. The molecule has 10 heavy (non-hydrogen) atoms. The summed E-state index contributed by atoms with van der Waals surface area (Å²) >= 11 is 0. The summed E-state index contributed by atoms with van der Waals surface area (Å²) in [5, 5.41) is 0. The number of hydrogen-bond donors (Lipinski definition) is 0. The van der Waals surface area contributed by atoms with Crippen LogP contribution in [-0.4, -0.2) is 23.4 Å². The third kappa shape index (κ3) is 0.939. The van der Waals surface area contributed by atoms with Crippen molar-refractivity contribution in [1.29, 1.82) is 0 Å². The zero-order chi connectivity index (χ0) is 7.72. The molecule has 1 heterocycles. The van der Waals surface area contributed by atoms with Gasteiger partial charge in [0.25, 0.3) is 0 Å². The van der Waals surface area contributed by atoms with Gasteiger partial charge >= 0.3 is 0 Å². The highest BCUT2D eigenvalue weighted by atomic mass is 16.2. The Morgan fingerprint density at radius 3 is 2.60 bits per heavy atom. The fraction of sp³-hybridized carbons (Fsp3) is 0.625. The fourth-order valence-electron chi connectivity index (χ4n) is 1.21. The molecule has 0 aromatic carbocycles. The summed E-state index contributed by atoms with van der Waals surface area (Å²) in [5.74, 6) is 0.717. The van der Waals surface area contributed by atoms with Crippen molar-refractivity contribution in [3.63, 3.8) is 0 Å². The van der Waals surface area contributed by atoms with Gasteiger partial charge in [0.05, 0.1) is 0 Å². The number of rotatable bonds is 1. The van der Waals surface area contributed by atoms with Crippen LogP contribution in [0.25, 0.3) is 0 Å². The van der Waals surface area contributed by atoms with Crippen molar-refractivity contribution >= 4 is 5.91 Å². The summed E-state index contributed by atoms with van der Waals surface area (Å²) in [6, 6.07) is 0.408. The van der Waals surface area contributed by atoms with Crippen LogP contribution in [-0.2, 0) is 4.79 Å². The molecule has 1 saturated heterocycles. The van der Waals surface area contributed by atoms with Gasteiger partial charge in [-0.15, -0.1) is 0 Å². The lowest BCUT2D eigenvalue weighted by Gasteiger charge is -2.44. The molecule has 0 aromatic heterocycles. The van der Waals surface area contributed by atoms with Crippen molar-refractivity contribution in [3.8, 4) is 0 Å². The molecule has 2 atom stereocenters. The Hall–Kier alpha value is -0.790. The largest absolute Gasteiger partial charge is 0.336 e. The smallest absolute Gasteiger partial charge is 0.246 e. The van der Waals surface area contributed by atoms with Crippen molar-refractivity contribution in [3.05, 3.63) is 12.7 Å². The molecular formula is C8H13NO.